The molecule has 0 heterocycles. The average molecular weight is 1260 g/mol. The number of hydrogen-bond donors (Lipinski definition) is 6. The molecule has 0 unspecified atom stereocenters. The van der Waals surface area contributed by atoms with E-state index in [2.05, 4.69) is 42.3 Å². The van der Waals surface area contributed by atoms with E-state index in [1.54, 1.807) is 135 Å². The van der Waals surface area contributed by atoms with Crippen LogP contribution in [0.5, 0.6) is 11.5 Å². The third-order valence-corrected chi connectivity index (χ3v) is 15.2. The van der Waals surface area contributed by atoms with E-state index in [1.165, 1.54) is 62.8 Å². The Kier molecular flexibility index (Phi) is 20.7. The van der Waals surface area contributed by atoms with Crippen LogP contribution in [-0.4, -0.2) is 125 Å². The van der Waals surface area contributed by atoms with E-state index in [-0.39, 0.29) is 82.8 Å². The Balaban J connectivity index is 0.000000228. The van der Waals surface area contributed by atoms with Gasteiger partial charge in [-0.2, -0.15) is 10.2 Å². The van der Waals surface area contributed by atoms with Crippen molar-refractivity contribution >= 4 is 151 Å². The Morgan fingerprint density at radius 3 is 1.07 bits per heavy atom. The molecule has 0 fully saturated rings. The number of ketones is 2. The molecule has 2 aliphatic carbocycles. The SMILES string of the molecule is COc1ccc(NC(=O)C2=Cc3ccccc3C(=NNc3cc(C(=O)Nc4ccc(S(=O)(=O)[O-])cc4)ccc3C)C2=O)cc1.COc1ccc(NC(=O)C2=Cc3ccccc3C(=NNc3cc(C(=O)Nc4ccc(S(=O)(=O)[O-])cc4)ccc3C)C2=O)cc1.[Ca+2]. The van der Waals surface area contributed by atoms with Gasteiger partial charge in [-0.15, -0.1) is 0 Å². The van der Waals surface area contributed by atoms with Crippen LogP contribution in [0.3, 0.4) is 0 Å². The number of nitrogens with one attached hydrogen (secondary N) is 6. The standard InChI is InChI=1S/2C32H26N4O7S.Ca/c2*1-19-7-8-21(31(38)33-23-11-15-25(16-12-23)44(40,41)42)18-28(19)35-36-29-26-6-4-3-5-20(26)17-27(30(29)37)32(39)34-22-9-13-24(43-2)14-10-22;/h2*3-18,35H,1-2H3,(H,33,38)(H,34,39)(H,40,41,42);/q;;+2/p-2. The largest absolute Gasteiger partial charge is 2.00 e. The molecule has 8 aromatic carbocycles. The number of benzene rings is 8. The number of nitrogens with zero attached hydrogens (tertiary/aromatic N) is 2. The smallest absolute Gasteiger partial charge is 0.744 e. The van der Waals surface area contributed by atoms with Crippen LogP contribution >= 0.6 is 0 Å². The zero-order valence-corrected chi connectivity index (χ0v) is 51.5. The van der Waals surface area contributed by atoms with Crippen molar-refractivity contribution in [2.45, 2.75) is 23.6 Å². The Bertz CT molecular complexity index is 4190. The molecule has 0 aliphatic heterocycles. The van der Waals surface area contributed by atoms with Gasteiger partial charge in [0, 0.05) is 45.0 Å². The fourth-order valence-electron chi connectivity index (χ4n) is 8.74. The van der Waals surface area contributed by atoms with E-state index in [9.17, 15) is 54.7 Å². The zero-order valence-electron chi connectivity index (χ0n) is 47.6. The molecule has 25 heteroatoms. The molecule has 6 N–H and O–H groups in total. The molecular weight excluding hydrogens is 1210 g/mol. The molecule has 10 rings (SSSR count). The van der Waals surface area contributed by atoms with Gasteiger partial charge in [-0.05, 0) is 170 Å². The molecule has 4 amide bonds. The van der Waals surface area contributed by atoms with Crippen molar-refractivity contribution in [1.82, 2.24) is 0 Å². The molecule has 0 spiro atoms. The Morgan fingerprint density at radius 2 is 0.742 bits per heavy atom. The first-order chi connectivity index (χ1) is 42.1. The number of carbonyl (C=O) groups is 6. The first kappa shape index (κ1) is 65.1. The number of amides is 4. The molecule has 22 nitrogen and oxygen atoms in total. The van der Waals surface area contributed by atoms with Crippen LogP contribution in [0.15, 0.2) is 213 Å². The number of carbonyl (C=O) groups excluding carboxylic acids is 6. The van der Waals surface area contributed by atoms with Crippen molar-refractivity contribution in [2.75, 3.05) is 46.3 Å². The maximum absolute atomic E-state index is 13.5. The number of anilines is 6. The maximum Gasteiger partial charge on any atom is 2.00 e. The molecule has 0 aromatic heterocycles. The van der Waals surface area contributed by atoms with E-state index >= 15 is 0 Å². The number of aryl methyl sites for hydroxylation is 2. The van der Waals surface area contributed by atoms with Crippen LogP contribution in [0.1, 0.15) is 54.1 Å². The van der Waals surface area contributed by atoms with Gasteiger partial charge in [-0.25, -0.2) is 16.8 Å². The summed E-state index contributed by atoms with van der Waals surface area (Å²) in [6, 6.07) is 46.8. The minimum atomic E-state index is -4.61. The number of methoxy groups -OCH3 is 2. The van der Waals surface area contributed by atoms with E-state index in [0.29, 0.717) is 56.5 Å². The monoisotopic (exact) mass is 1260 g/mol. The summed E-state index contributed by atoms with van der Waals surface area (Å²) in [4.78, 5) is 78.4. The van der Waals surface area contributed by atoms with E-state index in [1.807, 2.05) is 0 Å². The molecule has 0 atom stereocenters. The summed E-state index contributed by atoms with van der Waals surface area (Å²) in [7, 11) is -6.15. The molecule has 0 saturated carbocycles. The zero-order chi connectivity index (χ0) is 62.9. The minimum absolute atomic E-state index is 0. The number of rotatable bonds is 16. The van der Waals surface area contributed by atoms with E-state index in [4.69, 9.17) is 9.47 Å². The minimum Gasteiger partial charge on any atom is -0.744 e. The van der Waals surface area contributed by atoms with Crippen molar-refractivity contribution in [3.63, 3.8) is 0 Å². The summed E-state index contributed by atoms with van der Waals surface area (Å²) in [6.45, 7) is 3.58. The number of hydrogen-bond acceptors (Lipinski definition) is 18. The van der Waals surface area contributed by atoms with Gasteiger partial charge in [0.15, 0.2) is 0 Å². The molecule has 8 aromatic rings. The summed E-state index contributed by atoms with van der Waals surface area (Å²) in [5.41, 5.74) is 12.2. The fraction of sp³-hybridized carbons (Fsp3) is 0.0625. The first-order valence-corrected chi connectivity index (χ1v) is 29.1. The summed E-state index contributed by atoms with van der Waals surface area (Å²) >= 11 is 0. The van der Waals surface area contributed by atoms with Crippen LogP contribution in [0, 0.1) is 13.8 Å². The third kappa shape index (κ3) is 16.0. The molecule has 444 valence electrons. The van der Waals surface area contributed by atoms with Crippen molar-refractivity contribution in [2.24, 2.45) is 10.2 Å². The summed E-state index contributed by atoms with van der Waals surface area (Å²) in [5.74, 6) is -2.13. The first-order valence-electron chi connectivity index (χ1n) is 26.3. The van der Waals surface area contributed by atoms with Crippen LogP contribution < -0.4 is 41.6 Å². The van der Waals surface area contributed by atoms with Gasteiger partial charge in [0.25, 0.3) is 23.6 Å². The topological polar surface area (TPSA) is 332 Å². The van der Waals surface area contributed by atoms with Gasteiger partial charge in [0.1, 0.15) is 43.2 Å². The number of fused-ring (bicyclic) bond motifs is 2. The van der Waals surface area contributed by atoms with Gasteiger partial charge >= 0.3 is 37.7 Å². The summed E-state index contributed by atoms with van der Waals surface area (Å²) in [6.07, 6.45) is 3.04. The normalized spacial score (nSPS) is 13.3. The quantitative estimate of drug-likeness (QED) is 0.0228. The third-order valence-electron chi connectivity index (χ3n) is 13.5. The van der Waals surface area contributed by atoms with Crippen LogP contribution in [0.25, 0.3) is 12.2 Å². The molecule has 2 aliphatic rings. The molecule has 0 bridgehead atoms. The predicted octanol–water partition coefficient (Wildman–Crippen LogP) is 8.78. The van der Waals surface area contributed by atoms with Crippen LogP contribution in [-0.2, 0) is 39.4 Å². The molecular formula is C64H50CaN8O14S2. The van der Waals surface area contributed by atoms with Gasteiger partial charge < -0.3 is 39.8 Å². The second kappa shape index (κ2) is 28.3. The van der Waals surface area contributed by atoms with Crippen molar-refractivity contribution < 1.29 is 64.2 Å². The van der Waals surface area contributed by atoms with Crippen molar-refractivity contribution in [3.8, 4) is 11.5 Å². The molecule has 0 saturated heterocycles. The van der Waals surface area contributed by atoms with Gasteiger partial charge in [0.05, 0.1) is 46.5 Å². The molecule has 0 radical (unpaired) electrons. The van der Waals surface area contributed by atoms with E-state index in [0.717, 1.165) is 35.4 Å². The van der Waals surface area contributed by atoms with Crippen molar-refractivity contribution in [3.05, 3.63) is 238 Å². The number of hydrazone groups is 2. The fourth-order valence-corrected chi connectivity index (χ4v) is 9.68. The van der Waals surface area contributed by atoms with Crippen LogP contribution in [0.2, 0.25) is 0 Å². The van der Waals surface area contributed by atoms with E-state index < -0.39 is 65.2 Å². The number of ether oxygens (including phenoxy) is 2. The Labute approximate surface area is 540 Å². The molecule has 89 heavy (non-hydrogen) atoms. The Morgan fingerprint density at radius 1 is 0.427 bits per heavy atom. The van der Waals surface area contributed by atoms with Crippen molar-refractivity contribution in [1.29, 1.82) is 0 Å². The van der Waals surface area contributed by atoms with Gasteiger partial charge in [-0.1, -0.05) is 60.7 Å². The second-order valence-corrected chi connectivity index (χ2v) is 22.1. The Hall–Kier alpha value is -9.92. The van der Waals surface area contributed by atoms with Gasteiger partial charge in [-0.3, -0.25) is 39.6 Å². The summed E-state index contributed by atoms with van der Waals surface area (Å²) < 4.78 is 77.2. The van der Waals surface area contributed by atoms with Crippen LogP contribution in [0.4, 0.5) is 34.1 Å². The average Bonchev–Trinajstić information content (AvgIpc) is 1.36. The van der Waals surface area contributed by atoms with Gasteiger partial charge in [0.2, 0.25) is 11.6 Å². The summed E-state index contributed by atoms with van der Waals surface area (Å²) in [5, 5.41) is 19.5. The number of Topliss-reactive ketones (excluding diaryl/α,β-unsaturated/α-hetero) is 2. The maximum atomic E-state index is 13.5. The predicted molar refractivity (Wildman–Crippen MR) is 335 cm³/mol. The second-order valence-electron chi connectivity index (χ2n) is 19.4.